The first kappa shape index (κ1) is 20.7. The smallest absolute Gasteiger partial charge is 0.355 e. The van der Waals surface area contributed by atoms with Crippen LogP contribution in [0.15, 0.2) is 66.9 Å². The molecule has 3 aromatic rings. The number of ether oxygens (including phenoxy) is 2. The zero-order chi connectivity index (χ0) is 21.5. The van der Waals surface area contributed by atoms with E-state index in [1.807, 2.05) is 6.07 Å². The molecule has 0 aliphatic rings. The van der Waals surface area contributed by atoms with Crippen LogP contribution in [-0.4, -0.2) is 36.1 Å². The third kappa shape index (κ3) is 5.05. The van der Waals surface area contributed by atoms with E-state index in [4.69, 9.17) is 9.47 Å². The molecule has 2 N–H and O–H groups in total. The summed E-state index contributed by atoms with van der Waals surface area (Å²) in [6.07, 6.45) is 1.71. The van der Waals surface area contributed by atoms with Crippen LogP contribution in [0.1, 0.15) is 20.8 Å². The number of carbonyl (C=O) groups is 3. The van der Waals surface area contributed by atoms with Crippen LogP contribution < -0.4 is 15.4 Å². The fraction of sp³-hybridized carbons (Fsp3) is 0.136. The SMILES string of the molecule is COc1ccccc1NC(=O)c1ccc(NC(=O)COC(=O)c2cccn2C)cc1. The molecule has 8 heteroatoms. The largest absolute Gasteiger partial charge is 0.495 e. The van der Waals surface area contributed by atoms with Gasteiger partial charge in [-0.05, 0) is 48.5 Å². The number of amides is 2. The number of nitrogens with one attached hydrogen (secondary N) is 2. The fourth-order valence-electron chi connectivity index (χ4n) is 2.72. The maximum Gasteiger partial charge on any atom is 0.355 e. The number of anilines is 2. The number of aryl methyl sites for hydroxylation is 1. The minimum atomic E-state index is -0.582. The van der Waals surface area contributed by atoms with Crippen molar-refractivity contribution in [3.63, 3.8) is 0 Å². The Morgan fingerprint density at radius 1 is 0.933 bits per heavy atom. The molecule has 30 heavy (non-hydrogen) atoms. The summed E-state index contributed by atoms with van der Waals surface area (Å²) in [6.45, 7) is -0.417. The van der Waals surface area contributed by atoms with Gasteiger partial charge < -0.3 is 24.7 Å². The molecule has 0 bridgehead atoms. The topological polar surface area (TPSA) is 98.7 Å². The van der Waals surface area contributed by atoms with E-state index in [0.717, 1.165) is 0 Å². The molecule has 154 valence electrons. The summed E-state index contributed by atoms with van der Waals surface area (Å²) in [5.41, 5.74) is 1.80. The second kappa shape index (κ2) is 9.42. The average Bonchev–Trinajstić information content (AvgIpc) is 3.19. The van der Waals surface area contributed by atoms with Crippen molar-refractivity contribution in [3.8, 4) is 5.75 Å². The number of para-hydroxylation sites is 2. The first-order valence-electron chi connectivity index (χ1n) is 9.10. The minimum Gasteiger partial charge on any atom is -0.495 e. The number of nitrogens with zero attached hydrogens (tertiary/aromatic N) is 1. The monoisotopic (exact) mass is 407 g/mol. The summed E-state index contributed by atoms with van der Waals surface area (Å²) < 4.78 is 11.8. The molecule has 1 aromatic heterocycles. The number of carbonyl (C=O) groups excluding carboxylic acids is 3. The molecule has 8 nitrogen and oxygen atoms in total. The van der Waals surface area contributed by atoms with Crippen LogP contribution in [0.2, 0.25) is 0 Å². The Hall–Kier alpha value is -4.07. The number of aromatic nitrogens is 1. The van der Waals surface area contributed by atoms with Crippen LogP contribution in [0.25, 0.3) is 0 Å². The summed E-state index contributed by atoms with van der Waals surface area (Å²) >= 11 is 0. The molecule has 2 aromatic carbocycles. The molecule has 0 atom stereocenters. The number of benzene rings is 2. The van der Waals surface area contributed by atoms with Gasteiger partial charge in [-0.2, -0.15) is 0 Å². The third-order valence-corrected chi connectivity index (χ3v) is 4.27. The zero-order valence-corrected chi connectivity index (χ0v) is 16.5. The van der Waals surface area contributed by atoms with Crippen LogP contribution >= 0.6 is 0 Å². The van der Waals surface area contributed by atoms with Crippen molar-refractivity contribution in [1.82, 2.24) is 4.57 Å². The zero-order valence-electron chi connectivity index (χ0n) is 16.5. The van der Waals surface area contributed by atoms with E-state index in [2.05, 4.69) is 10.6 Å². The summed E-state index contributed by atoms with van der Waals surface area (Å²) in [7, 11) is 3.24. The van der Waals surface area contributed by atoms with Crippen molar-refractivity contribution in [3.05, 3.63) is 78.1 Å². The van der Waals surface area contributed by atoms with E-state index in [1.54, 1.807) is 72.4 Å². The number of methoxy groups -OCH3 is 1. The number of hydrogen-bond donors (Lipinski definition) is 2. The molecule has 0 aliphatic heterocycles. The van der Waals surface area contributed by atoms with Crippen LogP contribution in [0.5, 0.6) is 5.75 Å². The van der Waals surface area contributed by atoms with Crippen LogP contribution in [-0.2, 0) is 16.6 Å². The van der Waals surface area contributed by atoms with Crippen molar-refractivity contribution in [1.29, 1.82) is 0 Å². The molecule has 2 amide bonds. The highest BCUT2D eigenvalue weighted by Gasteiger charge is 2.13. The molecule has 0 radical (unpaired) electrons. The van der Waals surface area contributed by atoms with Gasteiger partial charge in [0.2, 0.25) is 0 Å². The lowest BCUT2D eigenvalue weighted by Gasteiger charge is -2.10. The van der Waals surface area contributed by atoms with E-state index < -0.39 is 18.5 Å². The maximum atomic E-state index is 12.4. The molecule has 0 unspecified atom stereocenters. The van der Waals surface area contributed by atoms with E-state index in [9.17, 15) is 14.4 Å². The quantitative estimate of drug-likeness (QED) is 0.587. The number of rotatable bonds is 7. The Bertz CT molecular complexity index is 1060. The average molecular weight is 407 g/mol. The molecule has 0 aliphatic carbocycles. The van der Waals surface area contributed by atoms with Gasteiger partial charge in [-0.1, -0.05) is 12.1 Å². The van der Waals surface area contributed by atoms with Crippen LogP contribution in [0.4, 0.5) is 11.4 Å². The first-order valence-corrected chi connectivity index (χ1v) is 9.10. The molecule has 0 fully saturated rings. The van der Waals surface area contributed by atoms with Crippen molar-refractivity contribution in [2.24, 2.45) is 7.05 Å². The molecule has 3 rings (SSSR count). The second-order valence-electron chi connectivity index (χ2n) is 6.36. The highest BCUT2D eigenvalue weighted by molar-refractivity contribution is 6.05. The maximum absolute atomic E-state index is 12.4. The summed E-state index contributed by atoms with van der Waals surface area (Å²) in [4.78, 5) is 36.4. The Morgan fingerprint density at radius 2 is 1.67 bits per heavy atom. The Balaban J connectivity index is 1.53. The van der Waals surface area contributed by atoms with E-state index >= 15 is 0 Å². The normalized spacial score (nSPS) is 10.2. The Labute approximate surface area is 173 Å². The summed E-state index contributed by atoms with van der Waals surface area (Å²) in [5.74, 6) is -0.821. The lowest BCUT2D eigenvalue weighted by molar-refractivity contribution is -0.119. The molecule has 0 spiro atoms. The van der Waals surface area contributed by atoms with Gasteiger partial charge in [0.1, 0.15) is 11.4 Å². The van der Waals surface area contributed by atoms with E-state index in [0.29, 0.717) is 28.4 Å². The van der Waals surface area contributed by atoms with Crippen molar-refractivity contribution in [2.45, 2.75) is 0 Å². The lowest BCUT2D eigenvalue weighted by atomic mass is 10.2. The Morgan fingerprint density at radius 3 is 2.33 bits per heavy atom. The fourth-order valence-corrected chi connectivity index (χ4v) is 2.72. The molecule has 0 saturated carbocycles. The van der Waals surface area contributed by atoms with E-state index in [-0.39, 0.29) is 5.91 Å². The summed E-state index contributed by atoms with van der Waals surface area (Å²) in [6, 6.07) is 16.7. The predicted octanol–water partition coefficient (Wildman–Crippen LogP) is 3.08. The van der Waals surface area contributed by atoms with Crippen molar-refractivity contribution >= 4 is 29.2 Å². The first-order chi connectivity index (χ1) is 14.5. The van der Waals surface area contributed by atoms with Crippen LogP contribution in [0, 0.1) is 0 Å². The van der Waals surface area contributed by atoms with Gasteiger partial charge in [-0.15, -0.1) is 0 Å². The van der Waals surface area contributed by atoms with Crippen LogP contribution in [0.3, 0.4) is 0 Å². The molecular formula is C22H21N3O5. The number of esters is 1. The molecule has 0 saturated heterocycles. The minimum absolute atomic E-state index is 0.311. The van der Waals surface area contributed by atoms with Crippen molar-refractivity contribution in [2.75, 3.05) is 24.4 Å². The lowest BCUT2D eigenvalue weighted by Crippen LogP contribution is -2.21. The molecular weight excluding hydrogens is 386 g/mol. The van der Waals surface area contributed by atoms with Gasteiger partial charge >= 0.3 is 5.97 Å². The standard InChI is InChI=1S/C22H21N3O5/c1-25-13-5-7-18(25)22(28)30-14-20(26)23-16-11-9-15(10-12-16)21(27)24-17-6-3-4-8-19(17)29-2/h3-13H,14H2,1-2H3,(H,23,26)(H,24,27). The molecule has 1 heterocycles. The predicted molar refractivity (Wildman–Crippen MR) is 112 cm³/mol. The third-order valence-electron chi connectivity index (χ3n) is 4.27. The van der Waals surface area contributed by atoms with Gasteiger partial charge in [0.15, 0.2) is 6.61 Å². The highest BCUT2D eigenvalue weighted by Crippen LogP contribution is 2.23. The second-order valence-corrected chi connectivity index (χ2v) is 6.36. The highest BCUT2D eigenvalue weighted by atomic mass is 16.5. The summed E-state index contributed by atoms with van der Waals surface area (Å²) in [5, 5.41) is 5.39. The van der Waals surface area contributed by atoms with Gasteiger partial charge in [-0.25, -0.2) is 4.79 Å². The Kier molecular flexibility index (Phi) is 6.49. The van der Waals surface area contributed by atoms with Gasteiger partial charge in [0.05, 0.1) is 12.8 Å². The van der Waals surface area contributed by atoms with Gasteiger partial charge in [0, 0.05) is 24.5 Å². The number of hydrogen-bond acceptors (Lipinski definition) is 5. The van der Waals surface area contributed by atoms with Crippen molar-refractivity contribution < 1.29 is 23.9 Å². The van der Waals surface area contributed by atoms with E-state index in [1.165, 1.54) is 7.11 Å². The van der Waals surface area contributed by atoms with Gasteiger partial charge in [-0.3, -0.25) is 9.59 Å². The van der Waals surface area contributed by atoms with Gasteiger partial charge in [0.25, 0.3) is 11.8 Å².